The second-order valence-corrected chi connectivity index (χ2v) is 12.3. The van der Waals surface area contributed by atoms with Gasteiger partial charge in [0.2, 0.25) is 0 Å². The zero-order valence-corrected chi connectivity index (χ0v) is 20.5. The lowest BCUT2D eigenvalue weighted by Crippen LogP contribution is -2.48. The Morgan fingerprint density at radius 3 is 2.40 bits per heavy atom. The second kappa shape index (κ2) is 7.95. The van der Waals surface area contributed by atoms with E-state index in [9.17, 15) is 9.90 Å². The first-order chi connectivity index (χ1) is 17.0. The number of nitrogens with zero attached hydrogens (tertiary/aromatic N) is 2. The Morgan fingerprint density at radius 2 is 1.74 bits per heavy atom. The molecule has 4 aliphatic carbocycles. The van der Waals surface area contributed by atoms with Crippen LogP contribution in [0.4, 0.5) is 4.39 Å². The fourth-order valence-electron chi connectivity index (χ4n) is 7.61. The standard InChI is InChI=1S/C29H29FN2O2S/c30-24-13-22(12-23(26(24)33)29-14-18-7-19(15-29)9-20(8-18)16-29)21-4-1-3-17(10-21)11-25-27(34)31-28(35-25)32-5-2-6-32/h1,3-4,10-13,18-20,33H,2,5-9,14-16H2/b25-11-. The molecule has 0 radical (unpaired) electrons. The van der Waals surface area contributed by atoms with Crippen molar-refractivity contribution in [2.24, 2.45) is 22.7 Å². The highest BCUT2D eigenvalue weighted by Crippen LogP contribution is 2.62. The fourth-order valence-corrected chi connectivity index (χ4v) is 8.58. The van der Waals surface area contributed by atoms with Gasteiger partial charge in [-0.1, -0.05) is 18.2 Å². The molecule has 5 fully saturated rings. The summed E-state index contributed by atoms with van der Waals surface area (Å²) in [5, 5.41) is 11.7. The molecule has 0 unspecified atom stereocenters. The van der Waals surface area contributed by atoms with Crippen LogP contribution in [0.15, 0.2) is 46.3 Å². The van der Waals surface area contributed by atoms with Crippen LogP contribution in [0.5, 0.6) is 5.75 Å². The number of amidine groups is 1. The molecule has 4 nitrogen and oxygen atoms in total. The summed E-state index contributed by atoms with van der Waals surface area (Å²) in [5.41, 5.74) is 3.29. The highest BCUT2D eigenvalue weighted by molar-refractivity contribution is 8.18. The maximum atomic E-state index is 15.1. The lowest BCUT2D eigenvalue weighted by atomic mass is 9.48. The Labute approximate surface area is 209 Å². The van der Waals surface area contributed by atoms with E-state index in [0.717, 1.165) is 66.2 Å². The van der Waals surface area contributed by atoms with Gasteiger partial charge in [-0.15, -0.1) is 0 Å². The lowest BCUT2D eigenvalue weighted by Gasteiger charge is -2.57. The third-order valence-corrected chi connectivity index (χ3v) is 9.97. The quantitative estimate of drug-likeness (QED) is 0.512. The molecule has 8 rings (SSSR count). The molecular formula is C29H29FN2O2S. The van der Waals surface area contributed by atoms with E-state index in [-0.39, 0.29) is 17.1 Å². The third-order valence-electron chi connectivity index (χ3n) is 8.93. The van der Waals surface area contributed by atoms with Crippen molar-refractivity contribution < 1.29 is 14.3 Å². The molecule has 35 heavy (non-hydrogen) atoms. The van der Waals surface area contributed by atoms with Crippen molar-refractivity contribution >= 4 is 28.9 Å². The topological polar surface area (TPSA) is 52.9 Å². The summed E-state index contributed by atoms with van der Waals surface area (Å²) in [6.07, 6.45) is 10.1. The SMILES string of the molecule is O=C1N=C(N2CCC2)S/C1=C\c1cccc(-c2cc(F)c(O)c(C34CC5CC(CC(C5)C3)C4)c2)c1. The predicted molar refractivity (Wildman–Crippen MR) is 138 cm³/mol. The van der Waals surface area contributed by atoms with E-state index in [1.807, 2.05) is 36.4 Å². The van der Waals surface area contributed by atoms with Gasteiger partial charge in [0.25, 0.3) is 5.91 Å². The minimum Gasteiger partial charge on any atom is -0.505 e. The summed E-state index contributed by atoms with van der Waals surface area (Å²) in [7, 11) is 0. The maximum absolute atomic E-state index is 15.1. The molecule has 0 aromatic heterocycles. The van der Waals surface area contributed by atoms with Crippen molar-refractivity contribution in [3.8, 4) is 16.9 Å². The molecule has 0 spiro atoms. The Kier molecular flexibility index (Phi) is 4.92. The van der Waals surface area contributed by atoms with Gasteiger partial charge >= 0.3 is 0 Å². The van der Waals surface area contributed by atoms with E-state index in [4.69, 9.17) is 0 Å². The number of amides is 1. The van der Waals surface area contributed by atoms with E-state index in [1.54, 1.807) is 0 Å². The first kappa shape index (κ1) is 21.7. The smallest absolute Gasteiger partial charge is 0.286 e. The summed E-state index contributed by atoms with van der Waals surface area (Å²) in [6.45, 7) is 1.92. The van der Waals surface area contributed by atoms with Gasteiger partial charge in [0, 0.05) is 18.7 Å². The summed E-state index contributed by atoms with van der Waals surface area (Å²) in [5.74, 6) is 1.26. The van der Waals surface area contributed by atoms with Crippen LogP contribution in [0, 0.1) is 23.6 Å². The Bertz CT molecular complexity index is 1260. The van der Waals surface area contributed by atoms with Crippen molar-refractivity contribution in [3.05, 3.63) is 58.2 Å². The van der Waals surface area contributed by atoms with E-state index in [2.05, 4.69) is 9.89 Å². The predicted octanol–water partition coefficient (Wildman–Crippen LogP) is 6.34. The van der Waals surface area contributed by atoms with Gasteiger partial charge in [0.1, 0.15) is 0 Å². The molecule has 1 saturated heterocycles. The van der Waals surface area contributed by atoms with Gasteiger partial charge in [-0.05, 0) is 121 Å². The van der Waals surface area contributed by atoms with Crippen molar-refractivity contribution in [1.82, 2.24) is 4.90 Å². The zero-order chi connectivity index (χ0) is 23.7. The number of likely N-dealkylation sites (tertiary alicyclic amines) is 1. The maximum Gasteiger partial charge on any atom is 0.286 e. The molecule has 180 valence electrons. The largest absolute Gasteiger partial charge is 0.505 e. The first-order valence-electron chi connectivity index (χ1n) is 12.9. The highest BCUT2D eigenvalue weighted by atomic mass is 32.2. The van der Waals surface area contributed by atoms with Crippen LogP contribution >= 0.6 is 11.8 Å². The van der Waals surface area contributed by atoms with Crippen molar-refractivity contribution in [3.63, 3.8) is 0 Å². The number of halogens is 1. The number of phenols is 1. The molecule has 1 amide bonds. The highest BCUT2D eigenvalue weighted by Gasteiger charge is 2.52. The van der Waals surface area contributed by atoms with Crippen molar-refractivity contribution in [1.29, 1.82) is 0 Å². The molecule has 0 atom stereocenters. The number of benzene rings is 2. The number of carbonyl (C=O) groups excluding carboxylic acids is 1. The van der Waals surface area contributed by atoms with Gasteiger partial charge in [-0.2, -0.15) is 4.99 Å². The fraction of sp³-hybridized carbons (Fsp3) is 0.448. The first-order valence-corrected chi connectivity index (χ1v) is 13.7. The molecule has 2 aliphatic heterocycles. The van der Waals surface area contributed by atoms with Crippen LogP contribution in [-0.4, -0.2) is 34.2 Å². The Balaban J connectivity index is 1.22. The lowest BCUT2D eigenvalue weighted by molar-refractivity contribution is -0.113. The molecule has 6 aliphatic rings. The van der Waals surface area contributed by atoms with Crippen molar-refractivity contribution in [2.75, 3.05) is 13.1 Å². The van der Waals surface area contributed by atoms with Gasteiger partial charge < -0.3 is 10.0 Å². The number of hydrogen-bond acceptors (Lipinski definition) is 4. The number of aliphatic imine (C=N–C) groups is 1. The second-order valence-electron chi connectivity index (χ2n) is 11.3. The van der Waals surface area contributed by atoms with Crippen LogP contribution in [0.1, 0.15) is 56.1 Å². The van der Waals surface area contributed by atoms with Crippen molar-refractivity contribution in [2.45, 2.75) is 50.4 Å². The van der Waals surface area contributed by atoms with Gasteiger partial charge in [-0.25, -0.2) is 4.39 Å². The summed E-state index contributed by atoms with van der Waals surface area (Å²) < 4.78 is 15.1. The van der Waals surface area contributed by atoms with Gasteiger partial charge in [0.05, 0.1) is 4.91 Å². The molecule has 4 bridgehead atoms. The molecule has 2 aromatic rings. The molecule has 1 N–H and O–H groups in total. The molecule has 4 saturated carbocycles. The van der Waals surface area contributed by atoms with Crippen LogP contribution in [0.3, 0.4) is 0 Å². The number of aromatic hydroxyl groups is 1. The molecule has 2 heterocycles. The van der Waals surface area contributed by atoms with Crippen LogP contribution in [-0.2, 0) is 10.2 Å². The van der Waals surface area contributed by atoms with E-state index in [0.29, 0.717) is 22.7 Å². The van der Waals surface area contributed by atoms with Crippen LogP contribution in [0.2, 0.25) is 0 Å². The zero-order valence-electron chi connectivity index (χ0n) is 19.7. The van der Waals surface area contributed by atoms with Crippen LogP contribution < -0.4 is 0 Å². The molecule has 6 heteroatoms. The minimum atomic E-state index is -0.536. The average Bonchev–Trinajstić information content (AvgIpc) is 3.12. The van der Waals surface area contributed by atoms with Gasteiger partial charge in [0.15, 0.2) is 16.7 Å². The van der Waals surface area contributed by atoms with E-state index in [1.165, 1.54) is 37.1 Å². The number of carbonyl (C=O) groups is 1. The number of phenolic OH excluding ortho intramolecular Hbond substituents is 1. The molecule has 2 aromatic carbocycles. The van der Waals surface area contributed by atoms with E-state index >= 15 is 4.39 Å². The van der Waals surface area contributed by atoms with Gasteiger partial charge in [-0.3, -0.25) is 4.79 Å². The summed E-state index contributed by atoms with van der Waals surface area (Å²) in [4.78, 5) is 19.4. The van der Waals surface area contributed by atoms with Crippen LogP contribution in [0.25, 0.3) is 17.2 Å². The number of thioether (sulfide) groups is 1. The Morgan fingerprint density at radius 1 is 1.03 bits per heavy atom. The normalized spacial score (nSPS) is 32.3. The third kappa shape index (κ3) is 3.64. The monoisotopic (exact) mass is 488 g/mol. The molecular weight excluding hydrogens is 459 g/mol. The summed E-state index contributed by atoms with van der Waals surface area (Å²) >= 11 is 1.43. The number of hydrogen-bond donors (Lipinski definition) is 1. The number of rotatable bonds is 3. The van der Waals surface area contributed by atoms with E-state index < -0.39 is 5.82 Å². The Hall–Kier alpha value is -2.60. The summed E-state index contributed by atoms with van der Waals surface area (Å²) in [6, 6.07) is 11.4. The minimum absolute atomic E-state index is 0.0905. The average molecular weight is 489 g/mol.